The molecule has 0 aromatic heterocycles. The van der Waals surface area contributed by atoms with E-state index >= 15 is 0 Å². The maximum Gasteiger partial charge on any atom is 0.333 e. The Balaban J connectivity index is 4.15. The van der Waals surface area contributed by atoms with E-state index in [1.165, 1.54) is 0 Å². The average molecular weight is 210 g/mol. The number of esters is 1. The summed E-state index contributed by atoms with van der Waals surface area (Å²) in [5, 5.41) is 0. The molecule has 0 amide bonds. The monoisotopic (exact) mass is 210 g/mol. The van der Waals surface area contributed by atoms with Gasteiger partial charge in [0.25, 0.3) is 0 Å². The molecule has 0 aliphatic carbocycles. The van der Waals surface area contributed by atoms with Gasteiger partial charge in [-0.3, -0.25) is 0 Å². The van der Waals surface area contributed by atoms with Gasteiger partial charge >= 0.3 is 5.97 Å². The van der Waals surface area contributed by atoms with Crippen LogP contribution in [0.1, 0.15) is 41.0 Å². The second kappa shape index (κ2) is 5.74. The molecule has 0 saturated heterocycles. The molecule has 0 aliphatic rings. The summed E-state index contributed by atoms with van der Waals surface area (Å²) in [4.78, 5) is 11.4. The SMILES string of the molecule is C=C(C)CC(C)(C)COC(=O)C(C)=CC. The summed E-state index contributed by atoms with van der Waals surface area (Å²) in [6.45, 7) is 14.0. The van der Waals surface area contributed by atoms with Gasteiger partial charge in [-0.25, -0.2) is 4.79 Å². The number of allylic oxidation sites excluding steroid dienone is 2. The van der Waals surface area contributed by atoms with Crippen molar-refractivity contribution in [2.75, 3.05) is 6.61 Å². The van der Waals surface area contributed by atoms with Gasteiger partial charge in [-0.05, 0) is 27.2 Å². The zero-order chi connectivity index (χ0) is 12.1. The molecule has 0 atom stereocenters. The van der Waals surface area contributed by atoms with E-state index < -0.39 is 0 Å². The Labute approximate surface area is 93.0 Å². The maximum atomic E-state index is 11.4. The van der Waals surface area contributed by atoms with Crippen LogP contribution in [0.25, 0.3) is 0 Å². The first-order chi connectivity index (χ1) is 6.78. The van der Waals surface area contributed by atoms with Crippen LogP contribution in [0, 0.1) is 5.41 Å². The molecule has 0 heterocycles. The molecule has 0 rings (SSSR count). The first-order valence-corrected chi connectivity index (χ1v) is 5.23. The Morgan fingerprint density at radius 1 is 1.40 bits per heavy atom. The zero-order valence-corrected chi connectivity index (χ0v) is 10.5. The van der Waals surface area contributed by atoms with Gasteiger partial charge in [-0.1, -0.05) is 25.5 Å². The second-order valence-electron chi connectivity index (χ2n) is 4.85. The van der Waals surface area contributed by atoms with Crippen molar-refractivity contribution < 1.29 is 9.53 Å². The lowest BCUT2D eigenvalue weighted by Gasteiger charge is -2.24. The van der Waals surface area contributed by atoms with Gasteiger partial charge < -0.3 is 4.74 Å². The molecule has 0 aromatic rings. The van der Waals surface area contributed by atoms with Gasteiger partial charge in [-0.2, -0.15) is 0 Å². The van der Waals surface area contributed by atoms with Crippen molar-refractivity contribution in [3.05, 3.63) is 23.8 Å². The van der Waals surface area contributed by atoms with Crippen molar-refractivity contribution in [3.63, 3.8) is 0 Å². The Kier molecular flexibility index (Phi) is 5.34. The summed E-state index contributed by atoms with van der Waals surface area (Å²) < 4.78 is 5.21. The first kappa shape index (κ1) is 13.9. The van der Waals surface area contributed by atoms with Gasteiger partial charge in [-0.15, -0.1) is 6.58 Å². The smallest absolute Gasteiger partial charge is 0.333 e. The molecule has 0 unspecified atom stereocenters. The van der Waals surface area contributed by atoms with Crippen LogP contribution in [0.3, 0.4) is 0 Å². The van der Waals surface area contributed by atoms with Gasteiger partial charge in [0.1, 0.15) is 0 Å². The van der Waals surface area contributed by atoms with Crippen LogP contribution in [-0.2, 0) is 9.53 Å². The lowest BCUT2D eigenvalue weighted by atomic mass is 9.87. The van der Waals surface area contributed by atoms with Gasteiger partial charge in [0.15, 0.2) is 0 Å². The highest BCUT2D eigenvalue weighted by atomic mass is 16.5. The molecule has 0 spiro atoms. The van der Waals surface area contributed by atoms with E-state index in [0.29, 0.717) is 12.2 Å². The van der Waals surface area contributed by atoms with Crippen molar-refractivity contribution in [2.45, 2.75) is 41.0 Å². The lowest BCUT2D eigenvalue weighted by molar-refractivity contribution is -0.141. The fourth-order valence-electron chi connectivity index (χ4n) is 1.36. The van der Waals surface area contributed by atoms with E-state index in [9.17, 15) is 4.79 Å². The number of carbonyl (C=O) groups is 1. The largest absolute Gasteiger partial charge is 0.462 e. The summed E-state index contributed by atoms with van der Waals surface area (Å²) in [5.41, 5.74) is 1.73. The summed E-state index contributed by atoms with van der Waals surface area (Å²) in [7, 11) is 0. The molecule has 2 nitrogen and oxygen atoms in total. The quantitative estimate of drug-likeness (QED) is 0.394. The molecular weight excluding hydrogens is 188 g/mol. The third-order valence-corrected chi connectivity index (χ3v) is 2.13. The van der Waals surface area contributed by atoms with Crippen molar-refractivity contribution >= 4 is 5.97 Å². The van der Waals surface area contributed by atoms with Gasteiger partial charge in [0.05, 0.1) is 6.61 Å². The molecule has 0 radical (unpaired) electrons. The minimum absolute atomic E-state index is 0.0322. The van der Waals surface area contributed by atoms with Crippen molar-refractivity contribution in [2.24, 2.45) is 5.41 Å². The number of rotatable bonds is 5. The molecular formula is C13H22O2. The van der Waals surface area contributed by atoms with E-state index in [-0.39, 0.29) is 11.4 Å². The van der Waals surface area contributed by atoms with E-state index in [0.717, 1.165) is 12.0 Å². The Morgan fingerprint density at radius 2 is 1.93 bits per heavy atom. The van der Waals surface area contributed by atoms with Crippen LogP contribution in [0.5, 0.6) is 0 Å². The minimum atomic E-state index is -0.229. The van der Waals surface area contributed by atoms with Crippen molar-refractivity contribution in [1.29, 1.82) is 0 Å². The molecule has 0 saturated carbocycles. The normalized spacial score (nSPS) is 12.5. The Hall–Kier alpha value is -1.05. The summed E-state index contributed by atoms with van der Waals surface area (Å²) in [6, 6.07) is 0. The van der Waals surface area contributed by atoms with E-state index in [4.69, 9.17) is 4.74 Å². The molecule has 0 fully saturated rings. The molecule has 15 heavy (non-hydrogen) atoms. The molecule has 0 N–H and O–H groups in total. The summed E-state index contributed by atoms with van der Waals surface area (Å²) >= 11 is 0. The second-order valence-corrected chi connectivity index (χ2v) is 4.85. The Bertz CT molecular complexity index is 272. The highest BCUT2D eigenvalue weighted by Crippen LogP contribution is 2.24. The van der Waals surface area contributed by atoms with Crippen LogP contribution in [0.15, 0.2) is 23.8 Å². The third kappa shape index (κ3) is 6.10. The topological polar surface area (TPSA) is 26.3 Å². The summed E-state index contributed by atoms with van der Waals surface area (Å²) in [6.07, 6.45) is 2.63. The predicted octanol–water partition coefficient (Wildman–Crippen LogP) is 3.49. The van der Waals surface area contributed by atoms with E-state index in [1.807, 2.05) is 13.8 Å². The number of carbonyl (C=O) groups excluding carboxylic acids is 1. The molecule has 86 valence electrons. The highest BCUT2D eigenvalue weighted by molar-refractivity contribution is 5.87. The van der Waals surface area contributed by atoms with Crippen LogP contribution in [-0.4, -0.2) is 12.6 Å². The van der Waals surface area contributed by atoms with Crippen LogP contribution in [0.2, 0.25) is 0 Å². The van der Waals surface area contributed by atoms with Crippen LogP contribution in [0.4, 0.5) is 0 Å². The fourth-order valence-corrected chi connectivity index (χ4v) is 1.36. The summed E-state index contributed by atoms with van der Waals surface area (Å²) in [5.74, 6) is -0.229. The van der Waals surface area contributed by atoms with E-state index in [2.05, 4.69) is 20.4 Å². The molecule has 2 heteroatoms. The predicted molar refractivity (Wildman–Crippen MR) is 63.6 cm³/mol. The molecule has 0 aromatic carbocycles. The molecule has 0 aliphatic heterocycles. The number of hydrogen-bond donors (Lipinski definition) is 0. The van der Waals surface area contributed by atoms with Gasteiger partial charge in [0, 0.05) is 11.0 Å². The average Bonchev–Trinajstić information content (AvgIpc) is 2.11. The van der Waals surface area contributed by atoms with Gasteiger partial charge in [0.2, 0.25) is 0 Å². The highest BCUT2D eigenvalue weighted by Gasteiger charge is 2.20. The molecule has 0 bridgehead atoms. The maximum absolute atomic E-state index is 11.4. The minimum Gasteiger partial charge on any atom is -0.462 e. The van der Waals surface area contributed by atoms with Crippen LogP contribution < -0.4 is 0 Å². The number of hydrogen-bond acceptors (Lipinski definition) is 2. The van der Waals surface area contributed by atoms with Crippen LogP contribution >= 0.6 is 0 Å². The van der Waals surface area contributed by atoms with Crippen molar-refractivity contribution in [1.82, 2.24) is 0 Å². The van der Waals surface area contributed by atoms with E-state index in [1.54, 1.807) is 13.0 Å². The first-order valence-electron chi connectivity index (χ1n) is 5.23. The number of ether oxygens (including phenoxy) is 1. The lowest BCUT2D eigenvalue weighted by Crippen LogP contribution is -2.22. The Morgan fingerprint density at radius 3 is 2.33 bits per heavy atom. The third-order valence-electron chi connectivity index (χ3n) is 2.13. The zero-order valence-electron chi connectivity index (χ0n) is 10.5. The fraction of sp³-hybridized carbons (Fsp3) is 0.615. The van der Waals surface area contributed by atoms with Crippen molar-refractivity contribution in [3.8, 4) is 0 Å². The standard InChI is InChI=1S/C13H22O2/c1-7-11(4)12(14)15-9-13(5,6)8-10(2)3/h7H,2,8-9H2,1,3-6H3.